The summed E-state index contributed by atoms with van der Waals surface area (Å²) in [7, 11) is 0. The average molecular weight is 302 g/mol. The molecule has 0 radical (unpaired) electrons. The number of anilines is 1. The molecule has 0 fully saturated rings. The highest BCUT2D eigenvalue weighted by molar-refractivity contribution is 5.84. The second-order valence-electron chi connectivity index (χ2n) is 5.53. The number of hydrogen-bond acceptors (Lipinski definition) is 2. The maximum Gasteiger partial charge on any atom is 0.416 e. The van der Waals surface area contributed by atoms with Crippen molar-refractivity contribution in [2.75, 3.05) is 11.9 Å². The first kappa shape index (κ1) is 17.3. The molecule has 2 N–H and O–H groups in total. The minimum absolute atomic E-state index is 0.157. The lowest BCUT2D eigenvalue weighted by Gasteiger charge is -2.18. The minimum Gasteiger partial charge on any atom is -0.374 e. The third kappa shape index (κ3) is 5.28. The SMILES string of the molecule is Cc1ccc(NC(C)C(=O)NCC(C)C)cc1C(F)(F)F. The van der Waals surface area contributed by atoms with Crippen molar-refractivity contribution in [2.24, 2.45) is 5.92 Å². The van der Waals surface area contributed by atoms with Gasteiger partial charge in [0.05, 0.1) is 5.56 Å². The maximum atomic E-state index is 12.8. The van der Waals surface area contributed by atoms with E-state index in [1.165, 1.54) is 19.1 Å². The number of carbonyl (C=O) groups is 1. The third-order valence-electron chi connectivity index (χ3n) is 3.00. The number of amides is 1. The van der Waals surface area contributed by atoms with E-state index in [9.17, 15) is 18.0 Å². The highest BCUT2D eigenvalue weighted by Crippen LogP contribution is 2.33. The van der Waals surface area contributed by atoms with Crippen molar-refractivity contribution in [3.05, 3.63) is 29.3 Å². The van der Waals surface area contributed by atoms with Gasteiger partial charge in [0.15, 0.2) is 0 Å². The lowest BCUT2D eigenvalue weighted by atomic mass is 10.1. The van der Waals surface area contributed by atoms with E-state index in [4.69, 9.17) is 0 Å². The Morgan fingerprint density at radius 1 is 1.24 bits per heavy atom. The number of halogens is 3. The topological polar surface area (TPSA) is 41.1 Å². The molecule has 0 heterocycles. The molecule has 1 unspecified atom stereocenters. The third-order valence-corrected chi connectivity index (χ3v) is 3.00. The van der Waals surface area contributed by atoms with Gasteiger partial charge in [-0.05, 0) is 37.5 Å². The van der Waals surface area contributed by atoms with Gasteiger partial charge >= 0.3 is 6.18 Å². The van der Waals surface area contributed by atoms with E-state index < -0.39 is 17.8 Å². The molecule has 0 saturated carbocycles. The van der Waals surface area contributed by atoms with Crippen LogP contribution in [0.4, 0.5) is 18.9 Å². The zero-order valence-electron chi connectivity index (χ0n) is 12.6. The molecule has 1 amide bonds. The van der Waals surface area contributed by atoms with E-state index in [-0.39, 0.29) is 17.2 Å². The van der Waals surface area contributed by atoms with Crippen molar-refractivity contribution in [3.8, 4) is 0 Å². The summed E-state index contributed by atoms with van der Waals surface area (Å²) in [5.41, 5.74) is -0.257. The number of benzene rings is 1. The fraction of sp³-hybridized carbons (Fsp3) is 0.533. The number of nitrogens with one attached hydrogen (secondary N) is 2. The van der Waals surface area contributed by atoms with Gasteiger partial charge in [-0.1, -0.05) is 19.9 Å². The molecular weight excluding hydrogens is 281 g/mol. The Labute approximate surface area is 122 Å². The normalized spacial score (nSPS) is 13.1. The van der Waals surface area contributed by atoms with Crippen molar-refractivity contribution in [3.63, 3.8) is 0 Å². The highest BCUT2D eigenvalue weighted by atomic mass is 19.4. The van der Waals surface area contributed by atoms with Crippen molar-refractivity contribution in [2.45, 2.75) is 39.9 Å². The van der Waals surface area contributed by atoms with Crippen LogP contribution >= 0.6 is 0 Å². The number of carbonyl (C=O) groups excluding carboxylic acids is 1. The molecule has 21 heavy (non-hydrogen) atoms. The molecule has 0 aliphatic carbocycles. The summed E-state index contributed by atoms with van der Waals surface area (Å²) in [6.45, 7) is 7.49. The summed E-state index contributed by atoms with van der Waals surface area (Å²) in [6.07, 6.45) is -4.40. The summed E-state index contributed by atoms with van der Waals surface area (Å²) in [6, 6.07) is 3.36. The average Bonchev–Trinajstić information content (AvgIpc) is 2.36. The Morgan fingerprint density at radius 3 is 2.38 bits per heavy atom. The van der Waals surface area contributed by atoms with E-state index in [0.29, 0.717) is 12.5 Å². The number of rotatable bonds is 5. The summed E-state index contributed by atoms with van der Waals surface area (Å²) in [4.78, 5) is 11.8. The Balaban J connectivity index is 2.77. The standard InChI is InChI=1S/C15H21F3N2O/c1-9(2)8-19-14(21)11(4)20-12-6-5-10(3)13(7-12)15(16,17)18/h5-7,9,11,20H,8H2,1-4H3,(H,19,21). The number of hydrogen-bond donors (Lipinski definition) is 2. The van der Waals surface area contributed by atoms with Crippen molar-refractivity contribution < 1.29 is 18.0 Å². The molecule has 0 bridgehead atoms. The van der Waals surface area contributed by atoms with Gasteiger partial charge in [0.1, 0.15) is 6.04 Å². The van der Waals surface area contributed by atoms with Crippen molar-refractivity contribution in [1.82, 2.24) is 5.32 Å². The fourth-order valence-electron chi connectivity index (χ4n) is 1.79. The van der Waals surface area contributed by atoms with Crippen LogP contribution in [0.1, 0.15) is 31.9 Å². The first-order valence-electron chi connectivity index (χ1n) is 6.83. The van der Waals surface area contributed by atoms with Crippen LogP contribution in [0.5, 0.6) is 0 Å². The van der Waals surface area contributed by atoms with Crippen LogP contribution < -0.4 is 10.6 Å². The van der Waals surface area contributed by atoms with Crippen LogP contribution in [-0.4, -0.2) is 18.5 Å². The monoisotopic (exact) mass is 302 g/mol. The van der Waals surface area contributed by atoms with Gasteiger partial charge in [-0.3, -0.25) is 4.79 Å². The molecule has 6 heteroatoms. The molecule has 0 saturated heterocycles. The zero-order valence-corrected chi connectivity index (χ0v) is 12.6. The van der Waals surface area contributed by atoms with E-state index in [2.05, 4.69) is 10.6 Å². The van der Waals surface area contributed by atoms with E-state index in [1.54, 1.807) is 6.92 Å². The molecule has 3 nitrogen and oxygen atoms in total. The molecule has 0 aromatic heterocycles. The quantitative estimate of drug-likeness (QED) is 0.873. The van der Waals surface area contributed by atoms with Crippen molar-refractivity contribution >= 4 is 11.6 Å². The van der Waals surface area contributed by atoms with Gasteiger partial charge in [0, 0.05) is 12.2 Å². The smallest absolute Gasteiger partial charge is 0.374 e. The van der Waals surface area contributed by atoms with Gasteiger partial charge in [-0.2, -0.15) is 13.2 Å². The second kappa shape index (κ2) is 6.83. The number of alkyl halides is 3. The van der Waals surface area contributed by atoms with E-state index in [0.717, 1.165) is 6.07 Å². The van der Waals surface area contributed by atoms with Gasteiger partial charge in [-0.15, -0.1) is 0 Å². The fourth-order valence-corrected chi connectivity index (χ4v) is 1.79. The minimum atomic E-state index is -4.40. The molecular formula is C15H21F3N2O. The van der Waals surface area contributed by atoms with Crippen LogP contribution in [-0.2, 0) is 11.0 Å². The summed E-state index contributed by atoms with van der Waals surface area (Å²) in [5, 5.41) is 5.53. The van der Waals surface area contributed by atoms with Crippen LogP contribution in [0.2, 0.25) is 0 Å². The summed E-state index contributed by atoms with van der Waals surface area (Å²) >= 11 is 0. The predicted octanol–water partition coefficient (Wildman–Crippen LogP) is 3.59. The number of aryl methyl sites for hydroxylation is 1. The van der Waals surface area contributed by atoms with E-state index in [1.807, 2.05) is 13.8 Å². The van der Waals surface area contributed by atoms with Gasteiger partial charge in [-0.25, -0.2) is 0 Å². The molecule has 0 spiro atoms. The molecule has 0 aliphatic rings. The Hall–Kier alpha value is -1.72. The zero-order chi connectivity index (χ0) is 16.2. The van der Waals surface area contributed by atoms with E-state index >= 15 is 0 Å². The van der Waals surface area contributed by atoms with Crippen LogP contribution in [0, 0.1) is 12.8 Å². The molecule has 0 aliphatic heterocycles. The summed E-state index contributed by atoms with van der Waals surface area (Å²) in [5.74, 6) is 0.0789. The molecule has 1 atom stereocenters. The lowest BCUT2D eigenvalue weighted by molar-refractivity contribution is -0.138. The van der Waals surface area contributed by atoms with Crippen LogP contribution in [0.3, 0.4) is 0 Å². The Bertz CT molecular complexity index is 498. The maximum absolute atomic E-state index is 12.8. The molecule has 1 aromatic rings. The first-order chi connectivity index (χ1) is 9.61. The second-order valence-corrected chi connectivity index (χ2v) is 5.53. The summed E-state index contributed by atoms with van der Waals surface area (Å²) < 4.78 is 38.5. The van der Waals surface area contributed by atoms with Gasteiger partial charge in [0.25, 0.3) is 0 Å². The predicted molar refractivity (Wildman–Crippen MR) is 77.1 cm³/mol. The molecule has 1 rings (SSSR count). The van der Waals surface area contributed by atoms with Crippen LogP contribution in [0.25, 0.3) is 0 Å². The lowest BCUT2D eigenvalue weighted by Crippen LogP contribution is -2.39. The van der Waals surface area contributed by atoms with Gasteiger partial charge < -0.3 is 10.6 Å². The molecule has 118 valence electrons. The van der Waals surface area contributed by atoms with Crippen molar-refractivity contribution in [1.29, 1.82) is 0 Å². The van der Waals surface area contributed by atoms with Gasteiger partial charge in [0.2, 0.25) is 5.91 Å². The van der Waals surface area contributed by atoms with Crippen LogP contribution in [0.15, 0.2) is 18.2 Å². The largest absolute Gasteiger partial charge is 0.416 e. The first-order valence-corrected chi connectivity index (χ1v) is 6.83. The highest BCUT2D eigenvalue weighted by Gasteiger charge is 2.32. The Kier molecular flexibility index (Phi) is 5.63. The Morgan fingerprint density at radius 2 is 1.86 bits per heavy atom. The molecule has 1 aromatic carbocycles.